The molecule has 0 heterocycles. The van der Waals surface area contributed by atoms with Gasteiger partial charge >= 0.3 is 5.97 Å². The predicted molar refractivity (Wildman–Crippen MR) is 45.5 cm³/mol. The Labute approximate surface area is 72.3 Å². The molecule has 0 aromatic carbocycles. The van der Waals surface area contributed by atoms with Crippen LogP contribution in [0, 0.1) is 11.3 Å². The molecule has 0 aliphatic carbocycles. The lowest BCUT2D eigenvalue weighted by atomic mass is 10.1. The summed E-state index contributed by atoms with van der Waals surface area (Å²) in [4.78, 5) is 10.0. The van der Waals surface area contributed by atoms with Crippen LogP contribution >= 0.6 is 0 Å². The maximum absolute atomic E-state index is 10.0. The number of rotatable bonds is 6. The van der Waals surface area contributed by atoms with Crippen molar-refractivity contribution >= 4 is 5.97 Å². The lowest BCUT2D eigenvalue weighted by Gasteiger charge is -1.91. The van der Waals surface area contributed by atoms with E-state index in [0.717, 1.165) is 31.8 Å². The topological polar surface area (TPSA) is 61.1 Å². The van der Waals surface area contributed by atoms with E-state index < -0.39 is 5.97 Å². The highest BCUT2D eigenvalue weighted by Gasteiger charge is 1.87. The van der Waals surface area contributed by atoms with Gasteiger partial charge in [0, 0.05) is 12.5 Å². The average molecular weight is 167 g/mol. The lowest BCUT2D eigenvalue weighted by Crippen LogP contribution is -1.85. The normalized spacial score (nSPS) is 9.92. The van der Waals surface area contributed by atoms with Gasteiger partial charge < -0.3 is 5.11 Å². The van der Waals surface area contributed by atoms with E-state index in [-0.39, 0.29) is 0 Å². The summed E-state index contributed by atoms with van der Waals surface area (Å²) >= 11 is 0. The Bertz CT molecular complexity index is 191. The first-order valence-electron chi connectivity index (χ1n) is 4.04. The van der Waals surface area contributed by atoms with Crippen LogP contribution in [-0.4, -0.2) is 11.1 Å². The van der Waals surface area contributed by atoms with E-state index in [2.05, 4.69) is 6.07 Å². The molecular formula is C9H13NO2. The third kappa shape index (κ3) is 8.70. The van der Waals surface area contributed by atoms with Crippen LogP contribution in [0.3, 0.4) is 0 Å². The minimum atomic E-state index is -0.896. The van der Waals surface area contributed by atoms with Crippen molar-refractivity contribution in [3.8, 4) is 6.07 Å². The van der Waals surface area contributed by atoms with Crippen LogP contribution in [0.4, 0.5) is 0 Å². The summed E-state index contributed by atoms with van der Waals surface area (Å²) in [5, 5.41) is 16.4. The molecule has 0 aliphatic rings. The Morgan fingerprint density at radius 1 is 1.42 bits per heavy atom. The molecule has 0 unspecified atom stereocenters. The van der Waals surface area contributed by atoms with Crippen molar-refractivity contribution in [3.05, 3.63) is 12.2 Å². The lowest BCUT2D eigenvalue weighted by molar-refractivity contribution is -0.131. The van der Waals surface area contributed by atoms with E-state index in [4.69, 9.17) is 10.4 Å². The summed E-state index contributed by atoms with van der Waals surface area (Å²) < 4.78 is 0. The summed E-state index contributed by atoms with van der Waals surface area (Å²) in [5.74, 6) is -0.896. The van der Waals surface area contributed by atoms with E-state index in [1.54, 1.807) is 6.08 Å². The second kappa shape index (κ2) is 7.80. The number of allylic oxidation sites excluding steroid dienone is 1. The molecule has 3 heteroatoms. The first-order valence-corrected chi connectivity index (χ1v) is 4.04. The standard InChI is InChI=1S/C9H13NO2/c10-8-6-4-2-1-3-5-7-9(11)12/h5,7H,1-4,6H2,(H,11,12). The zero-order chi connectivity index (χ0) is 9.23. The Balaban J connectivity index is 3.11. The van der Waals surface area contributed by atoms with E-state index in [9.17, 15) is 4.79 Å². The van der Waals surface area contributed by atoms with Crippen molar-refractivity contribution in [2.75, 3.05) is 0 Å². The summed E-state index contributed by atoms with van der Waals surface area (Å²) in [5.41, 5.74) is 0. The molecular weight excluding hydrogens is 154 g/mol. The van der Waals surface area contributed by atoms with Gasteiger partial charge in [-0.25, -0.2) is 4.79 Å². The van der Waals surface area contributed by atoms with E-state index >= 15 is 0 Å². The van der Waals surface area contributed by atoms with Crippen LogP contribution in [0.25, 0.3) is 0 Å². The number of hydrogen-bond acceptors (Lipinski definition) is 2. The van der Waals surface area contributed by atoms with E-state index in [1.807, 2.05) is 0 Å². The predicted octanol–water partition coefficient (Wildman–Crippen LogP) is 2.10. The fraction of sp³-hybridized carbons (Fsp3) is 0.556. The summed E-state index contributed by atoms with van der Waals surface area (Å²) in [6.45, 7) is 0. The van der Waals surface area contributed by atoms with Gasteiger partial charge in [-0.15, -0.1) is 0 Å². The number of aliphatic carboxylic acids is 1. The van der Waals surface area contributed by atoms with Gasteiger partial charge in [0.25, 0.3) is 0 Å². The maximum Gasteiger partial charge on any atom is 0.327 e. The molecule has 0 atom stereocenters. The SMILES string of the molecule is N#CCCCCCC=CC(=O)O. The second-order valence-corrected chi connectivity index (χ2v) is 2.50. The van der Waals surface area contributed by atoms with Crippen LogP contribution in [0.1, 0.15) is 32.1 Å². The molecule has 0 saturated carbocycles. The largest absolute Gasteiger partial charge is 0.478 e. The summed E-state index contributed by atoms with van der Waals surface area (Å²) in [7, 11) is 0. The van der Waals surface area contributed by atoms with E-state index in [0.29, 0.717) is 6.42 Å². The highest BCUT2D eigenvalue weighted by molar-refractivity contribution is 5.79. The minimum absolute atomic E-state index is 0.600. The average Bonchev–Trinajstić information content (AvgIpc) is 2.02. The van der Waals surface area contributed by atoms with Gasteiger partial charge in [0.05, 0.1) is 6.07 Å². The van der Waals surface area contributed by atoms with Crippen molar-refractivity contribution < 1.29 is 9.90 Å². The number of carbonyl (C=O) groups is 1. The Morgan fingerprint density at radius 2 is 2.17 bits per heavy atom. The van der Waals surface area contributed by atoms with Gasteiger partial charge in [-0.1, -0.05) is 12.5 Å². The molecule has 3 nitrogen and oxygen atoms in total. The van der Waals surface area contributed by atoms with Gasteiger partial charge in [-0.05, 0) is 19.3 Å². The van der Waals surface area contributed by atoms with Crippen molar-refractivity contribution in [3.63, 3.8) is 0 Å². The molecule has 0 spiro atoms. The number of nitrogens with zero attached hydrogens (tertiary/aromatic N) is 1. The van der Waals surface area contributed by atoms with Crippen molar-refractivity contribution in [1.29, 1.82) is 5.26 Å². The van der Waals surface area contributed by atoms with Crippen molar-refractivity contribution in [1.82, 2.24) is 0 Å². The van der Waals surface area contributed by atoms with Gasteiger partial charge in [-0.3, -0.25) is 0 Å². The van der Waals surface area contributed by atoms with Gasteiger partial charge in [-0.2, -0.15) is 5.26 Å². The maximum atomic E-state index is 10.0. The van der Waals surface area contributed by atoms with Crippen LogP contribution in [0.2, 0.25) is 0 Å². The van der Waals surface area contributed by atoms with Crippen LogP contribution in [0.15, 0.2) is 12.2 Å². The van der Waals surface area contributed by atoms with Crippen molar-refractivity contribution in [2.45, 2.75) is 32.1 Å². The second-order valence-electron chi connectivity index (χ2n) is 2.50. The third-order valence-corrected chi connectivity index (χ3v) is 1.42. The molecule has 0 aromatic heterocycles. The third-order valence-electron chi connectivity index (χ3n) is 1.42. The zero-order valence-electron chi connectivity index (χ0n) is 6.99. The molecule has 0 radical (unpaired) electrons. The number of hydrogen-bond donors (Lipinski definition) is 1. The molecule has 0 fully saturated rings. The first kappa shape index (κ1) is 10.7. The van der Waals surface area contributed by atoms with Gasteiger partial charge in [0.15, 0.2) is 0 Å². The molecule has 0 aliphatic heterocycles. The highest BCUT2D eigenvalue weighted by atomic mass is 16.4. The fourth-order valence-electron chi connectivity index (χ4n) is 0.827. The van der Waals surface area contributed by atoms with Crippen LogP contribution in [0.5, 0.6) is 0 Å². The van der Waals surface area contributed by atoms with Gasteiger partial charge in [0.2, 0.25) is 0 Å². The molecule has 0 saturated heterocycles. The minimum Gasteiger partial charge on any atom is -0.478 e. The molecule has 1 N–H and O–H groups in total. The summed E-state index contributed by atoms with van der Waals surface area (Å²) in [6.07, 6.45) is 7.07. The Hall–Kier alpha value is -1.30. The fourth-order valence-corrected chi connectivity index (χ4v) is 0.827. The van der Waals surface area contributed by atoms with Gasteiger partial charge in [0.1, 0.15) is 0 Å². The molecule has 12 heavy (non-hydrogen) atoms. The van der Waals surface area contributed by atoms with Crippen LogP contribution in [-0.2, 0) is 4.79 Å². The van der Waals surface area contributed by atoms with Crippen molar-refractivity contribution in [2.24, 2.45) is 0 Å². The number of unbranched alkanes of at least 4 members (excludes halogenated alkanes) is 4. The number of carboxylic acid groups (broad SMARTS) is 1. The number of nitriles is 1. The van der Waals surface area contributed by atoms with Crippen LogP contribution < -0.4 is 0 Å². The Kier molecular flexibility index (Phi) is 6.96. The Morgan fingerprint density at radius 3 is 2.75 bits per heavy atom. The smallest absolute Gasteiger partial charge is 0.327 e. The molecule has 0 rings (SSSR count). The molecule has 0 amide bonds. The first-order chi connectivity index (χ1) is 5.77. The zero-order valence-corrected chi connectivity index (χ0v) is 6.99. The molecule has 0 aromatic rings. The van der Waals surface area contributed by atoms with E-state index in [1.165, 1.54) is 0 Å². The summed E-state index contributed by atoms with van der Waals surface area (Å²) in [6, 6.07) is 2.06. The highest BCUT2D eigenvalue weighted by Crippen LogP contribution is 2.02. The molecule has 0 bridgehead atoms. The number of carboxylic acids is 1. The quantitative estimate of drug-likeness (QED) is 0.486. The molecule has 66 valence electrons. The monoisotopic (exact) mass is 167 g/mol.